The second kappa shape index (κ2) is 20.1. The van der Waals surface area contributed by atoms with E-state index in [2.05, 4.69) is 20.6 Å². The van der Waals surface area contributed by atoms with Gasteiger partial charge in [0.25, 0.3) is 0 Å². The number of nitrogens with two attached hydrogens (primary N) is 1. The van der Waals surface area contributed by atoms with Gasteiger partial charge >= 0.3 is 6.09 Å². The summed E-state index contributed by atoms with van der Waals surface area (Å²) in [5, 5.41) is 17.7. The highest BCUT2D eigenvalue weighted by Gasteiger charge is 2.41. The minimum atomic E-state index is -1.41. The van der Waals surface area contributed by atoms with Crippen LogP contribution in [0.2, 0.25) is 0 Å². The van der Waals surface area contributed by atoms with Crippen LogP contribution in [0.25, 0.3) is 0 Å². The molecular weight excluding hydrogens is 688 g/mol. The molecular formula is C41H58N6O7. The van der Waals surface area contributed by atoms with E-state index in [-0.39, 0.29) is 31.1 Å². The first-order valence-corrected chi connectivity index (χ1v) is 18.9. The molecule has 1 saturated carbocycles. The van der Waals surface area contributed by atoms with E-state index < -0.39 is 53.7 Å². The molecule has 1 aliphatic rings. The number of amides is 4. The molecule has 0 bridgehead atoms. The van der Waals surface area contributed by atoms with Crippen LogP contribution in [0.1, 0.15) is 82.5 Å². The summed E-state index contributed by atoms with van der Waals surface area (Å²) in [5.41, 5.74) is 7.66. The van der Waals surface area contributed by atoms with Gasteiger partial charge in [0.15, 0.2) is 0 Å². The van der Waals surface area contributed by atoms with Crippen LogP contribution in [0, 0.1) is 11.8 Å². The van der Waals surface area contributed by atoms with Gasteiger partial charge in [0.1, 0.15) is 17.4 Å². The number of H-pyrrole nitrogens is 1. The average Bonchev–Trinajstić information content (AvgIpc) is 3.67. The highest BCUT2D eigenvalue weighted by molar-refractivity contribution is 6.00. The first-order valence-electron chi connectivity index (χ1n) is 18.9. The molecule has 5 atom stereocenters. The minimum Gasteiger partial charge on any atom is -0.497 e. The van der Waals surface area contributed by atoms with Crippen molar-refractivity contribution in [3.05, 3.63) is 83.9 Å². The number of benzene rings is 2. The fourth-order valence-electron chi connectivity index (χ4n) is 7.08. The Bertz CT molecular complexity index is 1620. The molecule has 1 fully saturated rings. The van der Waals surface area contributed by atoms with E-state index >= 15 is 0 Å². The van der Waals surface area contributed by atoms with Crippen LogP contribution in [-0.2, 0) is 38.4 Å². The summed E-state index contributed by atoms with van der Waals surface area (Å²) in [5.74, 6) is -1.37. The van der Waals surface area contributed by atoms with Crippen LogP contribution in [0.3, 0.4) is 0 Å². The third kappa shape index (κ3) is 12.7. The van der Waals surface area contributed by atoms with Crippen LogP contribution in [0.5, 0.6) is 5.75 Å². The number of hydrogen-bond donors (Lipinski definition) is 5. The Kier molecular flexibility index (Phi) is 15.6. The molecule has 0 saturated heterocycles. The molecule has 1 aromatic heterocycles. The molecule has 6 N–H and O–H groups in total. The van der Waals surface area contributed by atoms with Gasteiger partial charge in [-0.3, -0.25) is 14.4 Å². The van der Waals surface area contributed by atoms with Gasteiger partial charge in [0.2, 0.25) is 17.7 Å². The van der Waals surface area contributed by atoms with Crippen molar-refractivity contribution >= 4 is 23.8 Å². The summed E-state index contributed by atoms with van der Waals surface area (Å²) < 4.78 is 11.0. The number of imidazole rings is 1. The van der Waals surface area contributed by atoms with Crippen molar-refractivity contribution in [2.45, 2.75) is 115 Å². The number of rotatable bonds is 17. The van der Waals surface area contributed by atoms with Crippen LogP contribution in [0.4, 0.5) is 4.79 Å². The second-order valence-corrected chi connectivity index (χ2v) is 15.3. The fourth-order valence-corrected chi connectivity index (χ4v) is 7.08. The molecule has 4 amide bonds. The van der Waals surface area contributed by atoms with E-state index in [1.54, 1.807) is 34.9 Å². The van der Waals surface area contributed by atoms with E-state index in [0.717, 1.165) is 48.1 Å². The smallest absolute Gasteiger partial charge is 0.417 e. The molecule has 0 unspecified atom stereocenters. The van der Waals surface area contributed by atoms with Crippen LogP contribution < -0.4 is 21.1 Å². The molecule has 1 heterocycles. The number of nitrogens with one attached hydrogen (secondary N) is 3. The van der Waals surface area contributed by atoms with E-state index in [1.165, 1.54) is 12.5 Å². The molecule has 0 aliphatic heterocycles. The van der Waals surface area contributed by atoms with Crippen molar-refractivity contribution in [1.29, 1.82) is 0 Å². The summed E-state index contributed by atoms with van der Waals surface area (Å²) in [6, 6.07) is 13.2. The highest BCUT2D eigenvalue weighted by atomic mass is 16.6. The summed E-state index contributed by atoms with van der Waals surface area (Å²) in [4.78, 5) is 63.9. The largest absolute Gasteiger partial charge is 0.497 e. The number of aromatic amines is 1. The van der Waals surface area contributed by atoms with Crippen LogP contribution in [0.15, 0.2) is 67.1 Å². The van der Waals surface area contributed by atoms with E-state index in [1.807, 2.05) is 54.6 Å². The predicted molar refractivity (Wildman–Crippen MR) is 205 cm³/mol. The van der Waals surface area contributed by atoms with Crippen LogP contribution in [-0.4, -0.2) is 87.8 Å². The van der Waals surface area contributed by atoms with Gasteiger partial charge in [-0.1, -0.05) is 74.6 Å². The lowest BCUT2D eigenvalue weighted by Gasteiger charge is -2.35. The van der Waals surface area contributed by atoms with Gasteiger partial charge in [0, 0.05) is 31.3 Å². The summed E-state index contributed by atoms with van der Waals surface area (Å²) >= 11 is 0. The minimum absolute atomic E-state index is 0.0608. The number of carbonyl (C=O) groups is 4. The molecule has 13 nitrogen and oxygen atoms in total. The summed E-state index contributed by atoms with van der Waals surface area (Å²) in [7, 11) is 3.14. The molecule has 13 heteroatoms. The van der Waals surface area contributed by atoms with Crippen molar-refractivity contribution in [3.63, 3.8) is 0 Å². The van der Waals surface area contributed by atoms with Crippen molar-refractivity contribution < 1.29 is 33.8 Å². The van der Waals surface area contributed by atoms with Crippen LogP contribution >= 0.6 is 0 Å². The first-order chi connectivity index (χ1) is 25.8. The Morgan fingerprint density at radius 1 is 0.963 bits per heavy atom. The average molecular weight is 747 g/mol. The normalized spacial score (nSPS) is 16.3. The summed E-state index contributed by atoms with van der Waals surface area (Å²) in [6.07, 6.45) is 6.80. The van der Waals surface area contributed by atoms with Crippen molar-refractivity contribution in [2.24, 2.45) is 17.6 Å². The molecule has 4 rings (SSSR count). The monoisotopic (exact) mass is 746 g/mol. The van der Waals surface area contributed by atoms with E-state index in [4.69, 9.17) is 15.2 Å². The maximum atomic E-state index is 14.7. The van der Waals surface area contributed by atoms with Crippen molar-refractivity contribution in [3.8, 4) is 5.75 Å². The molecule has 0 radical (unpaired) electrons. The number of imide groups is 1. The molecule has 3 aromatic rings. The molecule has 1 aliphatic carbocycles. The molecule has 294 valence electrons. The fraction of sp³-hybridized carbons (Fsp3) is 0.537. The number of nitrogens with zero attached hydrogens (tertiary/aromatic N) is 2. The van der Waals surface area contributed by atoms with Gasteiger partial charge in [-0.05, 0) is 75.6 Å². The van der Waals surface area contributed by atoms with Crippen molar-refractivity contribution in [1.82, 2.24) is 25.5 Å². The Labute approximate surface area is 318 Å². The Balaban J connectivity index is 1.67. The van der Waals surface area contributed by atoms with E-state index in [9.17, 15) is 24.3 Å². The van der Waals surface area contributed by atoms with Gasteiger partial charge in [-0.25, -0.2) is 14.7 Å². The van der Waals surface area contributed by atoms with Gasteiger partial charge < -0.3 is 35.9 Å². The zero-order valence-electron chi connectivity index (χ0n) is 32.3. The third-order valence-electron chi connectivity index (χ3n) is 9.91. The SMILES string of the molecule is CNC(=O)[C@H](Cc1ccc(OC)cc1)C[C@H](O)[C@H](CC1CCCCC1)NC(=O)[C@H](Cc1cnc[nH]1)N(C(=O)OC(C)(C)C)C(=O)[C@@H](N)Cc1ccccc1. The van der Waals surface area contributed by atoms with E-state index in [0.29, 0.717) is 24.3 Å². The lowest BCUT2D eigenvalue weighted by molar-refractivity contribution is -0.141. The second-order valence-electron chi connectivity index (χ2n) is 15.3. The number of methoxy groups -OCH3 is 1. The number of aliphatic hydroxyl groups excluding tert-OH is 1. The Morgan fingerprint density at radius 3 is 2.22 bits per heavy atom. The third-order valence-corrected chi connectivity index (χ3v) is 9.91. The number of ether oxygens (including phenoxy) is 2. The molecule has 2 aromatic carbocycles. The summed E-state index contributed by atoms with van der Waals surface area (Å²) in [6.45, 7) is 5.02. The van der Waals surface area contributed by atoms with Gasteiger partial charge in [-0.2, -0.15) is 0 Å². The van der Waals surface area contributed by atoms with Crippen molar-refractivity contribution in [2.75, 3.05) is 14.2 Å². The van der Waals surface area contributed by atoms with Gasteiger partial charge in [0.05, 0.1) is 31.6 Å². The standard InChI is InChI=1S/C41H58N6O7/c1-41(2,3)54-40(52)47(39(51)33(42)21-27-12-8-6-9-13-27)35(24-31-25-44-26-45-31)38(50)46-34(22-28-14-10-7-11-15-28)36(48)23-30(37(49)43-4)20-29-16-18-32(53-5)19-17-29/h6,8-9,12-13,16-19,25-26,28,30,33-36,48H,7,10-11,14-15,20-24,42H2,1-5H3,(H,43,49)(H,44,45)(H,46,50)/t30-,33+,34+,35+,36+/m1/s1. The number of aliphatic hydroxyl groups is 1. The van der Waals surface area contributed by atoms with Gasteiger partial charge in [-0.15, -0.1) is 0 Å². The Morgan fingerprint density at radius 2 is 1.63 bits per heavy atom. The maximum Gasteiger partial charge on any atom is 0.417 e. The first kappa shape index (κ1) is 42.0. The topological polar surface area (TPSA) is 189 Å². The lowest BCUT2D eigenvalue weighted by Crippen LogP contribution is -2.60. The number of hydrogen-bond acceptors (Lipinski definition) is 9. The molecule has 54 heavy (non-hydrogen) atoms. The lowest BCUT2D eigenvalue weighted by atomic mass is 9.81. The number of carbonyl (C=O) groups excluding carboxylic acids is 4. The molecule has 0 spiro atoms. The Hall–Kier alpha value is -4.75. The predicted octanol–water partition coefficient (Wildman–Crippen LogP) is 4.47. The highest BCUT2D eigenvalue weighted by Crippen LogP contribution is 2.30. The number of aromatic nitrogens is 2. The maximum absolute atomic E-state index is 14.7. The zero-order valence-corrected chi connectivity index (χ0v) is 32.3. The zero-order chi connectivity index (χ0) is 39.3. The quantitative estimate of drug-likeness (QED) is 0.133.